The summed E-state index contributed by atoms with van der Waals surface area (Å²) in [7, 11) is 0. The van der Waals surface area contributed by atoms with Crippen LogP contribution in [0.15, 0.2) is 50.0 Å². The normalized spacial score (nSPS) is 10.2. The molecule has 0 saturated heterocycles. The first-order valence-corrected chi connectivity index (χ1v) is 6.51. The molecule has 2 aromatic rings. The first-order valence-electron chi connectivity index (χ1n) is 4.92. The van der Waals surface area contributed by atoms with Crippen LogP contribution in [0.3, 0.4) is 0 Å². The number of halogens is 2. The summed E-state index contributed by atoms with van der Waals surface area (Å²) in [4.78, 5) is 11.9. The molecular formula is C12H9Br2NO2. The van der Waals surface area contributed by atoms with Gasteiger partial charge in [0.25, 0.3) is 5.91 Å². The highest BCUT2D eigenvalue weighted by molar-refractivity contribution is 9.11. The summed E-state index contributed by atoms with van der Waals surface area (Å²) in [5.41, 5.74) is 0.589. The van der Waals surface area contributed by atoms with E-state index in [1.165, 1.54) is 0 Å². The Hall–Kier alpha value is -1.07. The van der Waals surface area contributed by atoms with Gasteiger partial charge in [-0.3, -0.25) is 4.79 Å². The zero-order valence-corrected chi connectivity index (χ0v) is 11.9. The van der Waals surface area contributed by atoms with Crippen molar-refractivity contribution in [3.63, 3.8) is 0 Å². The first-order chi connectivity index (χ1) is 8.16. The van der Waals surface area contributed by atoms with Crippen molar-refractivity contribution in [3.05, 3.63) is 56.9 Å². The van der Waals surface area contributed by atoms with Crippen molar-refractivity contribution >= 4 is 37.8 Å². The lowest BCUT2D eigenvalue weighted by Crippen LogP contribution is -2.22. The van der Waals surface area contributed by atoms with E-state index in [0.29, 0.717) is 12.1 Å². The van der Waals surface area contributed by atoms with Gasteiger partial charge in [0.2, 0.25) is 0 Å². The summed E-state index contributed by atoms with van der Waals surface area (Å²) in [6.07, 6.45) is 1.58. The topological polar surface area (TPSA) is 42.2 Å². The molecule has 0 atom stereocenters. The van der Waals surface area contributed by atoms with Gasteiger partial charge in [0.05, 0.1) is 18.4 Å². The molecule has 0 fully saturated rings. The van der Waals surface area contributed by atoms with Crippen molar-refractivity contribution in [3.8, 4) is 0 Å². The Morgan fingerprint density at radius 1 is 1.29 bits per heavy atom. The van der Waals surface area contributed by atoms with Crippen LogP contribution in [-0.2, 0) is 6.54 Å². The number of amides is 1. The van der Waals surface area contributed by atoms with Gasteiger partial charge in [0.15, 0.2) is 0 Å². The highest BCUT2D eigenvalue weighted by atomic mass is 79.9. The molecule has 0 saturated carbocycles. The van der Waals surface area contributed by atoms with E-state index in [1.807, 2.05) is 18.2 Å². The van der Waals surface area contributed by atoms with E-state index in [9.17, 15) is 4.79 Å². The van der Waals surface area contributed by atoms with Crippen LogP contribution in [0.2, 0.25) is 0 Å². The minimum atomic E-state index is -0.144. The fourth-order valence-electron chi connectivity index (χ4n) is 1.35. The second-order valence-corrected chi connectivity index (χ2v) is 5.16. The Labute approximate surface area is 115 Å². The van der Waals surface area contributed by atoms with E-state index in [1.54, 1.807) is 18.4 Å². The number of furan rings is 1. The van der Waals surface area contributed by atoms with Gasteiger partial charge in [-0.05, 0) is 46.3 Å². The minimum absolute atomic E-state index is 0.144. The molecule has 2 rings (SSSR count). The van der Waals surface area contributed by atoms with Crippen LogP contribution in [0.25, 0.3) is 0 Å². The largest absolute Gasteiger partial charge is 0.467 e. The lowest BCUT2D eigenvalue weighted by molar-refractivity contribution is 0.0947. The van der Waals surface area contributed by atoms with E-state index >= 15 is 0 Å². The molecule has 0 bridgehead atoms. The third kappa shape index (κ3) is 3.20. The molecule has 0 radical (unpaired) electrons. The number of nitrogens with one attached hydrogen (secondary N) is 1. The number of benzene rings is 1. The van der Waals surface area contributed by atoms with Crippen molar-refractivity contribution in [2.45, 2.75) is 6.54 Å². The third-order valence-electron chi connectivity index (χ3n) is 2.18. The van der Waals surface area contributed by atoms with Gasteiger partial charge >= 0.3 is 0 Å². The maximum absolute atomic E-state index is 11.9. The van der Waals surface area contributed by atoms with Crippen LogP contribution >= 0.6 is 31.9 Å². The number of hydrogen-bond donors (Lipinski definition) is 1. The molecule has 1 heterocycles. The molecule has 0 spiro atoms. The summed E-state index contributed by atoms with van der Waals surface area (Å²) in [6, 6.07) is 9.06. The van der Waals surface area contributed by atoms with Crippen molar-refractivity contribution in [2.24, 2.45) is 0 Å². The monoisotopic (exact) mass is 357 g/mol. The molecule has 0 aliphatic carbocycles. The molecule has 1 N–H and O–H groups in total. The Balaban J connectivity index is 2.07. The highest BCUT2D eigenvalue weighted by Gasteiger charge is 2.10. The number of carbonyl (C=O) groups is 1. The van der Waals surface area contributed by atoms with Gasteiger partial charge in [-0.15, -0.1) is 0 Å². The SMILES string of the molecule is O=C(NCc1ccco1)c1cc(Br)ccc1Br. The van der Waals surface area contributed by atoms with E-state index < -0.39 is 0 Å². The van der Waals surface area contributed by atoms with E-state index in [2.05, 4.69) is 37.2 Å². The Bertz CT molecular complexity index is 523. The zero-order chi connectivity index (χ0) is 12.3. The molecule has 1 amide bonds. The van der Waals surface area contributed by atoms with Gasteiger partial charge < -0.3 is 9.73 Å². The molecule has 5 heteroatoms. The zero-order valence-electron chi connectivity index (χ0n) is 8.74. The summed E-state index contributed by atoms with van der Waals surface area (Å²) in [5, 5.41) is 2.79. The molecule has 1 aromatic heterocycles. The van der Waals surface area contributed by atoms with E-state index in [-0.39, 0.29) is 5.91 Å². The smallest absolute Gasteiger partial charge is 0.252 e. The van der Waals surface area contributed by atoms with Crippen molar-refractivity contribution in [2.75, 3.05) is 0 Å². The number of hydrogen-bond acceptors (Lipinski definition) is 2. The second-order valence-electron chi connectivity index (χ2n) is 3.39. The second kappa shape index (κ2) is 5.51. The Morgan fingerprint density at radius 3 is 2.82 bits per heavy atom. The molecule has 1 aromatic carbocycles. The standard InChI is InChI=1S/C12H9Br2NO2/c13-8-3-4-11(14)10(6-8)12(16)15-7-9-2-1-5-17-9/h1-6H,7H2,(H,15,16). The maximum atomic E-state index is 11.9. The molecule has 0 aliphatic heterocycles. The first kappa shape index (κ1) is 12.4. The highest BCUT2D eigenvalue weighted by Crippen LogP contribution is 2.21. The van der Waals surface area contributed by atoms with Crippen LogP contribution in [0.5, 0.6) is 0 Å². The quantitative estimate of drug-likeness (QED) is 0.908. The lowest BCUT2D eigenvalue weighted by atomic mass is 10.2. The average Bonchev–Trinajstić information content (AvgIpc) is 2.82. The van der Waals surface area contributed by atoms with Gasteiger partial charge in [-0.25, -0.2) is 0 Å². The number of carbonyl (C=O) groups excluding carboxylic acids is 1. The summed E-state index contributed by atoms with van der Waals surface area (Å²) >= 11 is 6.68. The molecular weight excluding hydrogens is 350 g/mol. The average molecular weight is 359 g/mol. The predicted octanol–water partition coefficient (Wildman–Crippen LogP) is 3.73. The van der Waals surface area contributed by atoms with E-state index in [0.717, 1.165) is 14.7 Å². The van der Waals surface area contributed by atoms with Gasteiger partial charge in [-0.1, -0.05) is 15.9 Å². The van der Waals surface area contributed by atoms with E-state index in [4.69, 9.17) is 4.42 Å². The van der Waals surface area contributed by atoms with Gasteiger partial charge in [0.1, 0.15) is 5.76 Å². The molecule has 88 valence electrons. The summed E-state index contributed by atoms with van der Waals surface area (Å²) in [5.74, 6) is 0.582. The Kier molecular flexibility index (Phi) is 4.02. The van der Waals surface area contributed by atoms with Crippen LogP contribution in [0, 0.1) is 0 Å². The Morgan fingerprint density at radius 2 is 2.12 bits per heavy atom. The van der Waals surface area contributed by atoms with Crippen LogP contribution in [0.1, 0.15) is 16.1 Å². The minimum Gasteiger partial charge on any atom is -0.467 e. The summed E-state index contributed by atoms with van der Waals surface area (Å²) < 4.78 is 6.76. The van der Waals surface area contributed by atoms with Crippen LogP contribution < -0.4 is 5.32 Å². The van der Waals surface area contributed by atoms with Gasteiger partial charge in [-0.2, -0.15) is 0 Å². The fraction of sp³-hybridized carbons (Fsp3) is 0.0833. The van der Waals surface area contributed by atoms with Crippen LogP contribution in [-0.4, -0.2) is 5.91 Å². The molecule has 17 heavy (non-hydrogen) atoms. The van der Waals surface area contributed by atoms with Crippen LogP contribution in [0.4, 0.5) is 0 Å². The molecule has 0 aliphatic rings. The fourth-order valence-corrected chi connectivity index (χ4v) is 2.14. The lowest BCUT2D eigenvalue weighted by Gasteiger charge is -2.06. The molecule has 3 nitrogen and oxygen atoms in total. The number of rotatable bonds is 3. The maximum Gasteiger partial charge on any atom is 0.252 e. The predicted molar refractivity (Wildman–Crippen MR) is 71.7 cm³/mol. The molecule has 0 unspecified atom stereocenters. The summed E-state index contributed by atoms with van der Waals surface area (Å²) in [6.45, 7) is 0.380. The van der Waals surface area contributed by atoms with Crippen molar-refractivity contribution in [1.82, 2.24) is 5.32 Å². The third-order valence-corrected chi connectivity index (χ3v) is 3.36. The van der Waals surface area contributed by atoms with Crippen molar-refractivity contribution < 1.29 is 9.21 Å². The van der Waals surface area contributed by atoms with Gasteiger partial charge in [0, 0.05) is 8.95 Å². The van der Waals surface area contributed by atoms with Crippen molar-refractivity contribution in [1.29, 1.82) is 0 Å².